The van der Waals surface area contributed by atoms with Crippen molar-refractivity contribution < 1.29 is 24.5 Å². The van der Waals surface area contributed by atoms with E-state index in [1.165, 1.54) is 10.6 Å². The van der Waals surface area contributed by atoms with E-state index in [2.05, 4.69) is 10.1 Å². The highest BCUT2D eigenvalue weighted by Gasteiger charge is 2.62. The van der Waals surface area contributed by atoms with E-state index in [-0.39, 0.29) is 22.5 Å². The van der Waals surface area contributed by atoms with E-state index >= 15 is 0 Å². The summed E-state index contributed by atoms with van der Waals surface area (Å²) in [4.78, 5) is 16.0. The van der Waals surface area contributed by atoms with E-state index in [1.807, 2.05) is 6.07 Å². The molecule has 144 valence electrons. The van der Waals surface area contributed by atoms with Gasteiger partial charge in [-0.2, -0.15) is 10.4 Å². The highest BCUT2D eigenvalue weighted by molar-refractivity contribution is 6.39. The minimum Gasteiger partial charge on any atom is -0.456 e. The van der Waals surface area contributed by atoms with Gasteiger partial charge in [-0.1, -0.05) is 19.3 Å². The van der Waals surface area contributed by atoms with Crippen molar-refractivity contribution in [3.63, 3.8) is 0 Å². The van der Waals surface area contributed by atoms with E-state index in [0.717, 1.165) is 6.33 Å². The van der Waals surface area contributed by atoms with Crippen LogP contribution in [0, 0.1) is 17.2 Å². The minimum absolute atomic E-state index is 0.0258. The van der Waals surface area contributed by atoms with Crippen LogP contribution in [0.1, 0.15) is 19.5 Å². The van der Waals surface area contributed by atoms with Gasteiger partial charge in [-0.15, -0.1) is 0 Å². The third-order valence-corrected chi connectivity index (χ3v) is 4.68. The smallest absolute Gasteiger partial charge is 0.308 e. The molecular weight excluding hydrogens is 375 g/mol. The molecule has 4 atom stereocenters. The van der Waals surface area contributed by atoms with Crippen molar-refractivity contribution in [2.75, 3.05) is 5.73 Å². The van der Waals surface area contributed by atoms with Gasteiger partial charge in [0.2, 0.25) is 5.60 Å². The Balaban J connectivity index is 2.18. The Hall–Kier alpha value is -2.55. The molecule has 4 N–H and O–H groups in total. The number of hydrogen-bond acceptors (Lipinski definition) is 9. The Bertz CT molecular complexity index is 1000. The van der Waals surface area contributed by atoms with Crippen molar-refractivity contribution in [3.05, 3.63) is 18.1 Å². The number of fused-ring (bicyclic) bond motifs is 1. The Morgan fingerprint density at radius 1 is 1.55 bits per heavy atom. The number of anilines is 1. The van der Waals surface area contributed by atoms with Crippen LogP contribution in [0.25, 0.3) is 5.52 Å². The fourth-order valence-electron chi connectivity index (χ4n) is 3.21. The molecule has 29 heavy (non-hydrogen) atoms. The average Bonchev–Trinajstić information content (AvgIpc) is 3.12. The van der Waals surface area contributed by atoms with Gasteiger partial charge >= 0.3 is 5.97 Å². The van der Waals surface area contributed by atoms with Gasteiger partial charge in [-0.25, -0.2) is 9.50 Å². The number of nitrogen functional groups attached to an aromatic ring is 1. The number of aliphatic hydroxyl groups excluding tert-OH is 1. The number of esters is 1. The van der Waals surface area contributed by atoms with Crippen LogP contribution in [-0.4, -0.2) is 78.0 Å². The molecule has 3 rings (SSSR count). The van der Waals surface area contributed by atoms with E-state index < -0.39 is 41.2 Å². The quantitative estimate of drug-likeness (QED) is 0.369. The monoisotopic (exact) mass is 391 g/mol. The van der Waals surface area contributed by atoms with Gasteiger partial charge in [0.25, 0.3) is 0 Å². The Morgan fingerprint density at radius 3 is 2.76 bits per heavy atom. The van der Waals surface area contributed by atoms with Crippen LogP contribution in [0.2, 0.25) is 0 Å². The van der Waals surface area contributed by atoms with Crippen molar-refractivity contribution >= 4 is 46.3 Å². The number of nitriles is 1. The maximum Gasteiger partial charge on any atom is 0.308 e. The number of ether oxygens (including phenoxy) is 2. The second-order valence-corrected chi connectivity index (χ2v) is 7.16. The Morgan fingerprint density at radius 2 is 2.21 bits per heavy atom. The lowest BCUT2D eigenvalue weighted by Crippen LogP contribution is -2.52. The van der Waals surface area contributed by atoms with Crippen molar-refractivity contribution in [2.24, 2.45) is 5.92 Å². The van der Waals surface area contributed by atoms with Gasteiger partial charge < -0.3 is 25.4 Å². The third-order valence-electron chi connectivity index (χ3n) is 4.68. The Kier molecular flexibility index (Phi) is 5.15. The van der Waals surface area contributed by atoms with Crippen LogP contribution in [0.5, 0.6) is 0 Å². The van der Waals surface area contributed by atoms with E-state index in [0.29, 0.717) is 0 Å². The van der Waals surface area contributed by atoms with Crippen LogP contribution in [-0.2, 0) is 19.9 Å². The number of nitrogens with two attached hydrogens (primary N) is 1. The molecule has 2 aromatic rings. The fraction of sp³-hybridized carbons (Fsp3) is 0.500. The average molecular weight is 391 g/mol. The van der Waals surface area contributed by atoms with Crippen LogP contribution in [0.3, 0.4) is 0 Å². The number of carbonyl (C=O) groups is 1. The van der Waals surface area contributed by atoms with Gasteiger partial charge in [-0.05, 0) is 6.07 Å². The first-order valence-electron chi connectivity index (χ1n) is 8.60. The lowest BCUT2D eigenvalue weighted by molar-refractivity contribution is -0.162. The largest absolute Gasteiger partial charge is 0.456 e. The number of carbonyl (C=O) groups excluding carboxylic acids is 1. The zero-order valence-electron chi connectivity index (χ0n) is 15.7. The Labute approximate surface area is 170 Å². The summed E-state index contributed by atoms with van der Waals surface area (Å²) in [5.41, 5.74) is 3.89. The van der Waals surface area contributed by atoms with Crippen LogP contribution in [0.4, 0.5) is 5.82 Å². The molecule has 2 aromatic heterocycles. The van der Waals surface area contributed by atoms with Crippen molar-refractivity contribution in [1.29, 1.82) is 5.26 Å². The lowest BCUT2D eigenvalue weighted by Gasteiger charge is -2.31. The first-order chi connectivity index (χ1) is 13.4. The summed E-state index contributed by atoms with van der Waals surface area (Å²) in [7, 11) is 17.1. The molecule has 1 aliphatic heterocycles. The lowest BCUT2D eigenvalue weighted by atomic mass is 9.61. The van der Waals surface area contributed by atoms with Crippen molar-refractivity contribution in [1.82, 2.24) is 14.6 Å². The zero-order chi connectivity index (χ0) is 21.7. The number of aromatic nitrogens is 3. The highest BCUT2D eigenvalue weighted by atomic mass is 16.6. The van der Waals surface area contributed by atoms with Crippen LogP contribution in [0.15, 0.2) is 12.4 Å². The van der Waals surface area contributed by atoms with Crippen molar-refractivity contribution in [3.8, 4) is 6.07 Å². The third kappa shape index (κ3) is 3.27. The summed E-state index contributed by atoms with van der Waals surface area (Å²) in [5.74, 6) is -1.26. The molecule has 0 spiro atoms. The molecule has 1 saturated heterocycles. The summed E-state index contributed by atoms with van der Waals surface area (Å²) in [5, 5.41) is 32.5. The number of nitrogens with zero attached hydrogens (tertiary/aromatic N) is 4. The van der Waals surface area contributed by atoms with E-state index in [1.54, 1.807) is 13.8 Å². The van der Waals surface area contributed by atoms with E-state index in [9.17, 15) is 20.3 Å². The summed E-state index contributed by atoms with van der Waals surface area (Å²) in [6.07, 6.45) is -3.89. The molecule has 0 saturated carbocycles. The maximum atomic E-state index is 12.1. The number of hydrogen-bond donors (Lipinski definition) is 3. The predicted octanol–water partition coefficient (Wildman–Crippen LogP) is -2.87. The normalized spacial score (nSPS) is 27.2. The molecule has 0 aromatic carbocycles. The summed E-state index contributed by atoms with van der Waals surface area (Å²) in [6.45, 7) is 3.13. The van der Waals surface area contributed by atoms with E-state index in [4.69, 9.17) is 38.7 Å². The molecule has 0 bridgehead atoms. The highest BCUT2D eigenvalue weighted by Crippen LogP contribution is 2.43. The molecular formula is C16H16B3N5O5. The molecule has 1 fully saturated rings. The van der Waals surface area contributed by atoms with Crippen molar-refractivity contribution in [2.45, 2.75) is 43.2 Å². The maximum absolute atomic E-state index is 12.1. The topological polar surface area (TPSA) is 156 Å². The predicted molar refractivity (Wildman–Crippen MR) is 102 cm³/mol. The minimum atomic E-state index is -2.55. The molecule has 3 heterocycles. The number of rotatable bonds is 4. The van der Waals surface area contributed by atoms with Gasteiger partial charge in [-0.3, -0.25) is 4.79 Å². The zero-order valence-corrected chi connectivity index (χ0v) is 15.7. The molecule has 13 heteroatoms. The van der Waals surface area contributed by atoms with Gasteiger partial charge in [0.1, 0.15) is 53.7 Å². The SMILES string of the molecule is [B]c1cc([C@]2(C#N)OC(C([B])([B])O)[C@@H](OC(=O)C(C)C)[C@H]2O)n2ncnc(N)c12. The molecule has 1 unspecified atom stereocenters. The van der Waals surface area contributed by atoms with Crippen LogP contribution >= 0.6 is 0 Å². The summed E-state index contributed by atoms with van der Waals surface area (Å²) < 4.78 is 12.1. The standard InChI is InChI=1S/C16H16B3N5O5/c1-6(2)14(26)28-10-11(25)15(4-20,29-12(10)16(18,19)27)8-3-7(17)9-13(21)22-5-23-24(8)9/h3,5-6,10-12,25,27H,1-2H3,(H2,21,22,23)/t10-,11+,12?,15-/m0/s1. The second-order valence-electron chi connectivity index (χ2n) is 7.16. The first-order valence-corrected chi connectivity index (χ1v) is 8.60. The molecule has 0 amide bonds. The molecule has 10 nitrogen and oxygen atoms in total. The summed E-state index contributed by atoms with van der Waals surface area (Å²) in [6, 6.07) is 3.15. The second kappa shape index (κ2) is 7.05. The molecule has 0 aliphatic carbocycles. The first kappa shape index (κ1) is 21.2. The van der Waals surface area contributed by atoms with Crippen LogP contribution < -0.4 is 11.2 Å². The molecule has 1 aliphatic rings. The van der Waals surface area contributed by atoms with Gasteiger partial charge in [0, 0.05) is 5.40 Å². The van der Waals surface area contributed by atoms with Gasteiger partial charge in [0.05, 0.1) is 11.6 Å². The number of aliphatic hydroxyl groups is 2. The fourth-order valence-corrected chi connectivity index (χ4v) is 3.21. The van der Waals surface area contributed by atoms with Gasteiger partial charge in [0.15, 0.2) is 11.9 Å². The summed E-state index contributed by atoms with van der Waals surface area (Å²) >= 11 is 0. The molecule has 6 radical (unpaired) electrons.